The molecule has 1 atom stereocenters. The van der Waals surface area contributed by atoms with Crippen molar-refractivity contribution < 1.29 is 0 Å². The van der Waals surface area contributed by atoms with E-state index >= 15 is 0 Å². The van der Waals surface area contributed by atoms with Crippen molar-refractivity contribution >= 4 is 5.82 Å². The molecule has 0 amide bonds. The average Bonchev–Trinajstić information content (AvgIpc) is 2.91. The third-order valence-electron chi connectivity index (χ3n) is 3.84. The zero-order valence-electron chi connectivity index (χ0n) is 12.1. The maximum atomic E-state index is 4.76. The minimum Gasteiger partial charge on any atom is -0.373 e. The molecule has 0 saturated carbocycles. The van der Waals surface area contributed by atoms with Gasteiger partial charge in [-0.05, 0) is 30.9 Å². The first-order valence-corrected chi connectivity index (χ1v) is 7.31. The number of hydrogen-bond acceptors (Lipinski definition) is 4. The van der Waals surface area contributed by atoms with E-state index < -0.39 is 0 Å². The van der Waals surface area contributed by atoms with E-state index in [1.165, 1.54) is 11.3 Å². The Labute approximate surface area is 119 Å². The van der Waals surface area contributed by atoms with Crippen LogP contribution in [-0.4, -0.2) is 22.0 Å². The lowest BCUT2D eigenvalue weighted by molar-refractivity contribution is 0.722. The molecule has 0 aliphatic heterocycles. The van der Waals surface area contributed by atoms with Crippen LogP contribution in [0.25, 0.3) is 0 Å². The number of nitrogens with one attached hydrogen (secondary N) is 1. The number of nitrogens with zero attached hydrogens (tertiary/aromatic N) is 3. The van der Waals surface area contributed by atoms with Gasteiger partial charge in [-0.25, -0.2) is 9.97 Å². The van der Waals surface area contributed by atoms with Gasteiger partial charge in [-0.2, -0.15) is 0 Å². The lowest BCUT2D eigenvalue weighted by Gasteiger charge is -2.13. The summed E-state index contributed by atoms with van der Waals surface area (Å²) in [6, 6.07) is 6.26. The molecule has 1 aliphatic rings. The summed E-state index contributed by atoms with van der Waals surface area (Å²) in [5, 5.41) is 3.14. The Morgan fingerprint density at radius 3 is 3.05 bits per heavy atom. The summed E-state index contributed by atoms with van der Waals surface area (Å²) in [6.45, 7) is 2.15. The maximum absolute atomic E-state index is 4.76. The number of aryl methyl sites for hydroxylation is 2. The molecule has 0 spiro atoms. The molecule has 1 aliphatic carbocycles. The SMILES string of the molecule is CCCc1nc(NC)cc(C2CCc3cccnc32)n1. The molecule has 3 rings (SSSR count). The summed E-state index contributed by atoms with van der Waals surface area (Å²) in [5.74, 6) is 2.15. The second kappa shape index (κ2) is 5.57. The van der Waals surface area contributed by atoms with Crippen LogP contribution in [0.1, 0.15) is 48.5 Å². The number of fused-ring (bicyclic) bond motifs is 1. The van der Waals surface area contributed by atoms with E-state index in [0.29, 0.717) is 5.92 Å². The summed E-state index contributed by atoms with van der Waals surface area (Å²) in [7, 11) is 1.91. The topological polar surface area (TPSA) is 50.7 Å². The monoisotopic (exact) mass is 268 g/mol. The molecule has 4 heteroatoms. The molecule has 0 fully saturated rings. The zero-order valence-corrected chi connectivity index (χ0v) is 12.1. The number of hydrogen-bond donors (Lipinski definition) is 1. The van der Waals surface area contributed by atoms with Crippen molar-refractivity contribution in [1.82, 2.24) is 15.0 Å². The highest BCUT2D eigenvalue weighted by Crippen LogP contribution is 2.36. The standard InChI is InChI=1S/C16H20N4/c1-3-5-14-19-13(10-15(17-2)20-14)12-8-7-11-6-4-9-18-16(11)12/h4,6,9-10,12H,3,5,7-8H2,1-2H3,(H,17,19,20). The van der Waals surface area contributed by atoms with Gasteiger partial charge in [0.2, 0.25) is 0 Å². The van der Waals surface area contributed by atoms with Crippen molar-refractivity contribution in [1.29, 1.82) is 0 Å². The second-order valence-electron chi connectivity index (χ2n) is 5.23. The van der Waals surface area contributed by atoms with E-state index in [0.717, 1.165) is 43.0 Å². The number of aromatic nitrogens is 3. The fourth-order valence-electron chi connectivity index (χ4n) is 2.86. The molecule has 1 unspecified atom stereocenters. The first kappa shape index (κ1) is 13.0. The maximum Gasteiger partial charge on any atom is 0.131 e. The van der Waals surface area contributed by atoms with Gasteiger partial charge in [-0.3, -0.25) is 4.98 Å². The largest absolute Gasteiger partial charge is 0.373 e. The average molecular weight is 268 g/mol. The molecule has 0 bridgehead atoms. The molecule has 2 heterocycles. The normalized spacial score (nSPS) is 17.0. The molecule has 1 N–H and O–H groups in total. The highest BCUT2D eigenvalue weighted by molar-refractivity contribution is 5.41. The molecular formula is C16H20N4. The number of rotatable bonds is 4. The summed E-state index contributed by atoms with van der Waals surface area (Å²) in [5.41, 5.74) is 3.65. The first-order chi connectivity index (χ1) is 9.81. The quantitative estimate of drug-likeness (QED) is 0.926. The van der Waals surface area contributed by atoms with Gasteiger partial charge >= 0.3 is 0 Å². The van der Waals surface area contributed by atoms with Crippen LogP contribution < -0.4 is 5.32 Å². The van der Waals surface area contributed by atoms with E-state index in [9.17, 15) is 0 Å². The van der Waals surface area contributed by atoms with E-state index in [1.807, 2.05) is 19.3 Å². The second-order valence-corrected chi connectivity index (χ2v) is 5.23. The number of anilines is 1. The first-order valence-electron chi connectivity index (χ1n) is 7.31. The Morgan fingerprint density at radius 1 is 1.35 bits per heavy atom. The smallest absolute Gasteiger partial charge is 0.131 e. The Bertz CT molecular complexity index is 609. The lowest BCUT2D eigenvalue weighted by Crippen LogP contribution is -2.08. The van der Waals surface area contributed by atoms with Gasteiger partial charge in [-0.1, -0.05) is 13.0 Å². The Balaban J connectivity index is 2.00. The lowest BCUT2D eigenvalue weighted by atomic mass is 10.0. The molecule has 0 saturated heterocycles. The molecule has 4 nitrogen and oxygen atoms in total. The molecule has 20 heavy (non-hydrogen) atoms. The van der Waals surface area contributed by atoms with Gasteiger partial charge < -0.3 is 5.32 Å². The number of pyridine rings is 1. The van der Waals surface area contributed by atoms with Gasteiger partial charge in [0.25, 0.3) is 0 Å². The van der Waals surface area contributed by atoms with E-state index in [2.05, 4.69) is 34.3 Å². The molecule has 0 radical (unpaired) electrons. The molecular weight excluding hydrogens is 248 g/mol. The predicted molar refractivity (Wildman–Crippen MR) is 80.0 cm³/mol. The van der Waals surface area contributed by atoms with Gasteiger partial charge in [-0.15, -0.1) is 0 Å². The third kappa shape index (κ3) is 2.38. The van der Waals surface area contributed by atoms with Crippen LogP contribution in [0, 0.1) is 0 Å². The highest BCUT2D eigenvalue weighted by atomic mass is 15.0. The van der Waals surface area contributed by atoms with Crippen molar-refractivity contribution in [3.8, 4) is 0 Å². The Hall–Kier alpha value is -1.97. The van der Waals surface area contributed by atoms with Crippen molar-refractivity contribution in [3.63, 3.8) is 0 Å². The minimum absolute atomic E-state index is 0.317. The Morgan fingerprint density at radius 2 is 2.25 bits per heavy atom. The van der Waals surface area contributed by atoms with Crippen LogP contribution in [0.4, 0.5) is 5.82 Å². The van der Waals surface area contributed by atoms with Crippen LogP contribution in [-0.2, 0) is 12.8 Å². The van der Waals surface area contributed by atoms with Crippen molar-refractivity contribution in [2.45, 2.75) is 38.5 Å². The van der Waals surface area contributed by atoms with Gasteiger partial charge in [0.15, 0.2) is 0 Å². The summed E-state index contributed by atoms with van der Waals surface area (Å²) in [4.78, 5) is 13.9. The van der Waals surface area contributed by atoms with Crippen molar-refractivity contribution in [3.05, 3.63) is 47.2 Å². The molecule has 104 valence electrons. The third-order valence-corrected chi connectivity index (χ3v) is 3.84. The van der Waals surface area contributed by atoms with E-state index in [4.69, 9.17) is 4.98 Å². The minimum atomic E-state index is 0.317. The van der Waals surface area contributed by atoms with Crippen LogP contribution in [0.15, 0.2) is 24.4 Å². The summed E-state index contributed by atoms with van der Waals surface area (Å²) in [6.07, 6.45) is 6.05. The molecule has 2 aromatic rings. The fourth-order valence-corrected chi connectivity index (χ4v) is 2.86. The predicted octanol–water partition coefficient (Wildman–Crippen LogP) is 2.94. The van der Waals surface area contributed by atoms with Crippen LogP contribution in [0.5, 0.6) is 0 Å². The van der Waals surface area contributed by atoms with E-state index in [1.54, 1.807) is 0 Å². The van der Waals surface area contributed by atoms with E-state index in [-0.39, 0.29) is 0 Å². The summed E-state index contributed by atoms with van der Waals surface area (Å²) < 4.78 is 0. The summed E-state index contributed by atoms with van der Waals surface area (Å²) >= 11 is 0. The van der Waals surface area contributed by atoms with Crippen LogP contribution >= 0.6 is 0 Å². The molecule has 2 aromatic heterocycles. The highest BCUT2D eigenvalue weighted by Gasteiger charge is 2.26. The Kier molecular flexibility index (Phi) is 3.63. The van der Waals surface area contributed by atoms with Gasteiger partial charge in [0, 0.05) is 31.6 Å². The van der Waals surface area contributed by atoms with Crippen molar-refractivity contribution in [2.75, 3.05) is 12.4 Å². The fraction of sp³-hybridized carbons (Fsp3) is 0.438. The molecule has 0 aromatic carbocycles. The van der Waals surface area contributed by atoms with Crippen molar-refractivity contribution in [2.24, 2.45) is 0 Å². The zero-order chi connectivity index (χ0) is 13.9. The van der Waals surface area contributed by atoms with Crippen LogP contribution in [0.3, 0.4) is 0 Å². The van der Waals surface area contributed by atoms with Gasteiger partial charge in [0.05, 0.1) is 11.4 Å². The van der Waals surface area contributed by atoms with Crippen LogP contribution in [0.2, 0.25) is 0 Å². The van der Waals surface area contributed by atoms with Gasteiger partial charge in [0.1, 0.15) is 11.6 Å².